The molecule has 1 amide bonds. The van der Waals surface area contributed by atoms with Gasteiger partial charge in [-0.1, -0.05) is 0 Å². The molecule has 0 bridgehead atoms. The van der Waals surface area contributed by atoms with E-state index < -0.39 is 0 Å². The third-order valence-corrected chi connectivity index (χ3v) is 4.15. The molecule has 104 valence electrons. The minimum absolute atomic E-state index is 0.273. The van der Waals surface area contributed by atoms with Crippen LogP contribution in [-0.4, -0.2) is 59.6 Å². The van der Waals surface area contributed by atoms with E-state index in [9.17, 15) is 4.79 Å². The van der Waals surface area contributed by atoms with Crippen molar-refractivity contribution in [2.75, 3.05) is 32.8 Å². The Labute approximate surface area is 110 Å². The standard InChI is InChI=1S/C14H26N2O2/c1-2-16(13-5-6-13)14(18)11-15-8-3-4-12(10-15)7-9-17/h12-13,17H,2-11H2,1H3. The number of amides is 1. The summed E-state index contributed by atoms with van der Waals surface area (Å²) in [7, 11) is 0. The van der Waals surface area contributed by atoms with E-state index in [1.807, 2.05) is 4.90 Å². The molecule has 0 aromatic carbocycles. The van der Waals surface area contributed by atoms with Gasteiger partial charge in [-0.2, -0.15) is 0 Å². The van der Waals surface area contributed by atoms with Gasteiger partial charge in [-0.05, 0) is 51.5 Å². The molecule has 1 atom stereocenters. The summed E-state index contributed by atoms with van der Waals surface area (Å²) in [5.41, 5.74) is 0. The van der Waals surface area contributed by atoms with Crippen molar-refractivity contribution in [2.24, 2.45) is 5.92 Å². The van der Waals surface area contributed by atoms with Crippen LogP contribution in [0.3, 0.4) is 0 Å². The number of nitrogens with zero attached hydrogens (tertiary/aromatic N) is 2. The summed E-state index contributed by atoms with van der Waals surface area (Å²) in [6.45, 7) is 5.78. The van der Waals surface area contributed by atoms with Gasteiger partial charge in [-0.3, -0.25) is 9.69 Å². The second-order valence-corrected chi connectivity index (χ2v) is 5.67. The van der Waals surface area contributed by atoms with Crippen LogP contribution in [0.4, 0.5) is 0 Å². The largest absolute Gasteiger partial charge is 0.396 e. The summed E-state index contributed by atoms with van der Waals surface area (Å²) in [6, 6.07) is 0.528. The molecule has 0 aromatic heterocycles. The molecule has 2 fully saturated rings. The second kappa shape index (κ2) is 6.53. The number of hydrogen-bond donors (Lipinski definition) is 1. The van der Waals surface area contributed by atoms with Crippen molar-refractivity contribution in [2.45, 2.75) is 45.1 Å². The van der Waals surface area contributed by atoms with Gasteiger partial charge in [0.05, 0.1) is 6.54 Å². The van der Waals surface area contributed by atoms with Crippen LogP contribution >= 0.6 is 0 Å². The molecule has 4 heteroatoms. The van der Waals surface area contributed by atoms with Crippen molar-refractivity contribution in [3.05, 3.63) is 0 Å². The van der Waals surface area contributed by atoms with Crippen LogP contribution in [0.25, 0.3) is 0 Å². The van der Waals surface area contributed by atoms with Crippen LogP contribution in [0.5, 0.6) is 0 Å². The Morgan fingerprint density at radius 2 is 2.17 bits per heavy atom. The quantitative estimate of drug-likeness (QED) is 0.772. The SMILES string of the molecule is CCN(C(=O)CN1CCCC(CCO)C1)C1CC1. The summed E-state index contributed by atoms with van der Waals surface area (Å²) in [4.78, 5) is 16.5. The van der Waals surface area contributed by atoms with E-state index in [0.717, 1.165) is 32.5 Å². The van der Waals surface area contributed by atoms with Gasteiger partial charge in [-0.25, -0.2) is 0 Å². The minimum atomic E-state index is 0.273. The van der Waals surface area contributed by atoms with E-state index in [2.05, 4.69) is 11.8 Å². The van der Waals surface area contributed by atoms with Gasteiger partial charge in [0, 0.05) is 25.7 Å². The highest BCUT2D eigenvalue weighted by Crippen LogP contribution is 2.27. The van der Waals surface area contributed by atoms with Crippen LogP contribution in [0.1, 0.15) is 39.0 Å². The summed E-state index contributed by atoms with van der Waals surface area (Å²) in [6.07, 6.45) is 5.61. The molecule has 18 heavy (non-hydrogen) atoms. The molecule has 1 unspecified atom stereocenters. The fourth-order valence-corrected chi connectivity index (χ4v) is 3.02. The smallest absolute Gasteiger partial charge is 0.236 e. The highest BCUT2D eigenvalue weighted by molar-refractivity contribution is 5.78. The number of carbonyl (C=O) groups excluding carboxylic acids is 1. The first-order chi connectivity index (χ1) is 8.74. The van der Waals surface area contributed by atoms with Gasteiger partial charge in [0.25, 0.3) is 0 Å². The number of rotatable bonds is 6. The lowest BCUT2D eigenvalue weighted by atomic mass is 9.95. The van der Waals surface area contributed by atoms with Crippen molar-refractivity contribution in [3.8, 4) is 0 Å². The maximum atomic E-state index is 12.2. The predicted molar refractivity (Wildman–Crippen MR) is 71.3 cm³/mol. The van der Waals surface area contributed by atoms with Gasteiger partial charge in [0.15, 0.2) is 0 Å². The Morgan fingerprint density at radius 3 is 2.78 bits per heavy atom. The van der Waals surface area contributed by atoms with E-state index in [1.165, 1.54) is 19.3 Å². The van der Waals surface area contributed by atoms with Crippen LogP contribution in [-0.2, 0) is 4.79 Å². The van der Waals surface area contributed by atoms with Crippen LogP contribution in [0.2, 0.25) is 0 Å². The van der Waals surface area contributed by atoms with Crippen molar-refractivity contribution < 1.29 is 9.90 Å². The van der Waals surface area contributed by atoms with Gasteiger partial charge < -0.3 is 10.0 Å². The molecule has 2 aliphatic rings. The predicted octanol–water partition coefficient (Wildman–Crippen LogP) is 1.09. The number of carbonyl (C=O) groups is 1. The van der Waals surface area contributed by atoms with Crippen molar-refractivity contribution in [3.63, 3.8) is 0 Å². The molecule has 0 aromatic rings. The molecule has 1 aliphatic heterocycles. The van der Waals surface area contributed by atoms with Crippen molar-refractivity contribution in [1.29, 1.82) is 0 Å². The Balaban J connectivity index is 1.78. The lowest BCUT2D eigenvalue weighted by Crippen LogP contribution is -2.45. The van der Waals surface area contributed by atoms with E-state index in [1.54, 1.807) is 0 Å². The average molecular weight is 254 g/mol. The van der Waals surface area contributed by atoms with Gasteiger partial charge in [0.1, 0.15) is 0 Å². The summed E-state index contributed by atoms with van der Waals surface area (Å²) < 4.78 is 0. The zero-order valence-electron chi connectivity index (χ0n) is 11.5. The number of aliphatic hydroxyl groups is 1. The monoisotopic (exact) mass is 254 g/mol. The minimum Gasteiger partial charge on any atom is -0.396 e. The fraction of sp³-hybridized carbons (Fsp3) is 0.929. The molecular formula is C14H26N2O2. The Kier molecular flexibility index (Phi) is 5.01. The third-order valence-electron chi connectivity index (χ3n) is 4.15. The first-order valence-electron chi connectivity index (χ1n) is 7.37. The summed E-state index contributed by atoms with van der Waals surface area (Å²) in [5, 5.41) is 9.00. The second-order valence-electron chi connectivity index (χ2n) is 5.67. The normalized spacial score (nSPS) is 25.1. The Hall–Kier alpha value is -0.610. The Morgan fingerprint density at radius 1 is 1.39 bits per heavy atom. The highest BCUT2D eigenvalue weighted by atomic mass is 16.3. The maximum absolute atomic E-state index is 12.2. The van der Waals surface area contributed by atoms with E-state index in [0.29, 0.717) is 24.4 Å². The molecule has 1 N–H and O–H groups in total. The number of piperidine rings is 1. The van der Waals surface area contributed by atoms with Crippen molar-refractivity contribution in [1.82, 2.24) is 9.80 Å². The van der Waals surface area contributed by atoms with Crippen LogP contribution in [0, 0.1) is 5.92 Å². The van der Waals surface area contributed by atoms with E-state index in [-0.39, 0.29) is 6.61 Å². The first-order valence-corrected chi connectivity index (χ1v) is 7.37. The van der Waals surface area contributed by atoms with E-state index in [4.69, 9.17) is 5.11 Å². The lowest BCUT2D eigenvalue weighted by molar-refractivity contribution is -0.133. The van der Waals surface area contributed by atoms with Gasteiger partial charge >= 0.3 is 0 Å². The number of likely N-dealkylation sites (N-methyl/N-ethyl adjacent to an activating group) is 1. The summed E-state index contributed by atoms with van der Waals surface area (Å²) >= 11 is 0. The molecular weight excluding hydrogens is 228 g/mol. The number of likely N-dealkylation sites (tertiary alicyclic amines) is 1. The lowest BCUT2D eigenvalue weighted by Gasteiger charge is -2.33. The average Bonchev–Trinajstić information content (AvgIpc) is 3.15. The maximum Gasteiger partial charge on any atom is 0.236 e. The Bertz CT molecular complexity index is 277. The van der Waals surface area contributed by atoms with E-state index >= 15 is 0 Å². The van der Waals surface area contributed by atoms with Gasteiger partial charge in [-0.15, -0.1) is 0 Å². The van der Waals surface area contributed by atoms with Crippen LogP contribution in [0.15, 0.2) is 0 Å². The molecule has 1 heterocycles. The van der Waals surface area contributed by atoms with Crippen LogP contribution < -0.4 is 0 Å². The molecule has 2 rings (SSSR count). The highest BCUT2D eigenvalue weighted by Gasteiger charge is 2.32. The first kappa shape index (κ1) is 13.8. The molecule has 1 aliphatic carbocycles. The topological polar surface area (TPSA) is 43.8 Å². The number of hydrogen-bond acceptors (Lipinski definition) is 3. The zero-order valence-corrected chi connectivity index (χ0v) is 11.5. The molecule has 0 spiro atoms. The number of aliphatic hydroxyl groups excluding tert-OH is 1. The summed E-state index contributed by atoms with van der Waals surface area (Å²) in [5.74, 6) is 0.872. The molecule has 0 radical (unpaired) electrons. The molecule has 1 saturated carbocycles. The molecule has 1 saturated heterocycles. The molecule has 4 nitrogen and oxygen atoms in total. The fourth-order valence-electron chi connectivity index (χ4n) is 3.02. The van der Waals surface area contributed by atoms with Gasteiger partial charge in [0.2, 0.25) is 5.91 Å². The van der Waals surface area contributed by atoms with Crippen molar-refractivity contribution >= 4 is 5.91 Å². The zero-order chi connectivity index (χ0) is 13.0. The third kappa shape index (κ3) is 3.69.